The van der Waals surface area contributed by atoms with Gasteiger partial charge in [-0.05, 0) is 47.9 Å². The molecule has 0 radical (unpaired) electrons. The monoisotopic (exact) mass is 257 g/mol. The summed E-state index contributed by atoms with van der Waals surface area (Å²) < 4.78 is 1.83. The van der Waals surface area contributed by atoms with Crippen molar-refractivity contribution < 1.29 is 0 Å². The van der Waals surface area contributed by atoms with Gasteiger partial charge in [-0.1, -0.05) is 25.1 Å². The standard InChI is InChI=1S/C14H19N5/c1-12-6-5-9-18(10-12)11-14-15-16-17-19(14)13-7-3-2-4-8-13/h2-4,7-8,12H,5-6,9-11H2,1H3. The summed E-state index contributed by atoms with van der Waals surface area (Å²) >= 11 is 0. The Hall–Kier alpha value is -1.75. The Kier molecular flexibility index (Phi) is 3.55. The van der Waals surface area contributed by atoms with Gasteiger partial charge in [0.15, 0.2) is 5.82 Å². The fraction of sp³-hybridized carbons (Fsp3) is 0.500. The maximum absolute atomic E-state index is 4.17. The molecule has 1 saturated heterocycles. The summed E-state index contributed by atoms with van der Waals surface area (Å²) in [5.74, 6) is 1.69. The van der Waals surface area contributed by atoms with E-state index >= 15 is 0 Å². The van der Waals surface area contributed by atoms with Gasteiger partial charge < -0.3 is 0 Å². The first-order chi connectivity index (χ1) is 9.33. The van der Waals surface area contributed by atoms with Crippen molar-refractivity contribution in [1.29, 1.82) is 0 Å². The van der Waals surface area contributed by atoms with Gasteiger partial charge in [0.25, 0.3) is 0 Å². The van der Waals surface area contributed by atoms with Crippen LogP contribution in [0.4, 0.5) is 0 Å². The molecule has 2 aromatic rings. The number of likely N-dealkylation sites (tertiary alicyclic amines) is 1. The summed E-state index contributed by atoms with van der Waals surface area (Å²) in [7, 11) is 0. The third kappa shape index (κ3) is 2.81. The number of tetrazole rings is 1. The molecule has 0 bridgehead atoms. The lowest BCUT2D eigenvalue weighted by atomic mass is 10.0. The summed E-state index contributed by atoms with van der Waals surface area (Å²) in [6, 6.07) is 10.1. The Morgan fingerprint density at radius 2 is 2.11 bits per heavy atom. The number of nitrogens with zero attached hydrogens (tertiary/aromatic N) is 5. The Balaban J connectivity index is 1.77. The van der Waals surface area contributed by atoms with Crippen LogP contribution in [0, 0.1) is 5.92 Å². The minimum Gasteiger partial charge on any atom is -0.296 e. The van der Waals surface area contributed by atoms with Crippen LogP contribution in [0.3, 0.4) is 0 Å². The van der Waals surface area contributed by atoms with E-state index in [9.17, 15) is 0 Å². The van der Waals surface area contributed by atoms with Crippen LogP contribution in [-0.4, -0.2) is 38.2 Å². The van der Waals surface area contributed by atoms with Crippen molar-refractivity contribution in [2.24, 2.45) is 5.92 Å². The van der Waals surface area contributed by atoms with Crippen molar-refractivity contribution in [2.75, 3.05) is 13.1 Å². The molecule has 0 spiro atoms. The first kappa shape index (κ1) is 12.3. The van der Waals surface area contributed by atoms with Crippen molar-refractivity contribution in [3.8, 4) is 5.69 Å². The highest BCUT2D eigenvalue weighted by Gasteiger charge is 2.19. The highest BCUT2D eigenvalue weighted by molar-refractivity contribution is 5.30. The number of hydrogen-bond acceptors (Lipinski definition) is 4. The molecule has 1 aromatic carbocycles. The van der Waals surface area contributed by atoms with Gasteiger partial charge in [-0.2, -0.15) is 4.68 Å². The van der Waals surface area contributed by atoms with Crippen LogP contribution < -0.4 is 0 Å². The van der Waals surface area contributed by atoms with Crippen LogP contribution in [0.25, 0.3) is 5.69 Å². The quantitative estimate of drug-likeness (QED) is 0.842. The summed E-state index contributed by atoms with van der Waals surface area (Å²) in [4.78, 5) is 2.44. The molecule has 100 valence electrons. The van der Waals surface area contributed by atoms with Crippen LogP contribution in [0.2, 0.25) is 0 Å². The third-order valence-electron chi connectivity index (χ3n) is 3.64. The fourth-order valence-corrected chi connectivity index (χ4v) is 2.70. The van der Waals surface area contributed by atoms with Crippen LogP contribution in [0.1, 0.15) is 25.6 Å². The average molecular weight is 257 g/mol. The van der Waals surface area contributed by atoms with Gasteiger partial charge in [0.1, 0.15) is 0 Å². The second-order valence-corrected chi connectivity index (χ2v) is 5.32. The predicted molar refractivity (Wildman–Crippen MR) is 72.8 cm³/mol. The lowest BCUT2D eigenvalue weighted by molar-refractivity contribution is 0.171. The van der Waals surface area contributed by atoms with E-state index in [2.05, 4.69) is 27.3 Å². The van der Waals surface area contributed by atoms with Crippen LogP contribution in [-0.2, 0) is 6.54 Å². The highest BCUT2D eigenvalue weighted by atomic mass is 15.5. The lowest BCUT2D eigenvalue weighted by Gasteiger charge is -2.30. The zero-order valence-corrected chi connectivity index (χ0v) is 11.2. The number of aromatic nitrogens is 4. The summed E-state index contributed by atoms with van der Waals surface area (Å²) in [5.41, 5.74) is 1.02. The van der Waals surface area contributed by atoms with Gasteiger partial charge in [-0.15, -0.1) is 5.10 Å². The number of hydrogen-bond donors (Lipinski definition) is 0. The maximum atomic E-state index is 4.17. The minimum absolute atomic E-state index is 0.773. The van der Waals surface area contributed by atoms with E-state index < -0.39 is 0 Å². The molecule has 19 heavy (non-hydrogen) atoms. The largest absolute Gasteiger partial charge is 0.296 e. The van der Waals surface area contributed by atoms with Gasteiger partial charge in [-0.25, -0.2) is 0 Å². The molecule has 0 N–H and O–H groups in total. The summed E-state index contributed by atoms with van der Waals surface area (Å²) in [6.07, 6.45) is 2.61. The van der Waals surface area contributed by atoms with E-state index in [1.807, 2.05) is 35.0 Å². The Labute approximate surface area is 113 Å². The van der Waals surface area contributed by atoms with E-state index in [1.165, 1.54) is 12.8 Å². The van der Waals surface area contributed by atoms with E-state index in [0.717, 1.165) is 37.1 Å². The molecular weight excluding hydrogens is 238 g/mol. The number of benzene rings is 1. The van der Waals surface area contributed by atoms with Crippen LogP contribution in [0.5, 0.6) is 0 Å². The molecule has 0 saturated carbocycles. The minimum atomic E-state index is 0.773. The average Bonchev–Trinajstić information content (AvgIpc) is 2.88. The van der Waals surface area contributed by atoms with Crippen molar-refractivity contribution in [3.05, 3.63) is 36.2 Å². The topological polar surface area (TPSA) is 46.8 Å². The maximum Gasteiger partial charge on any atom is 0.170 e. The Morgan fingerprint density at radius 3 is 2.89 bits per heavy atom. The van der Waals surface area contributed by atoms with Gasteiger partial charge in [0.05, 0.1) is 12.2 Å². The van der Waals surface area contributed by atoms with Crippen molar-refractivity contribution in [1.82, 2.24) is 25.1 Å². The van der Waals surface area contributed by atoms with E-state index in [4.69, 9.17) is 0 Å². The van der Waals surface area contributed by atoms with Gasteiger partial charge in [0, 0.05) is 6.54 Å². The van der Waals surface area contributed by atoms with Crippen molar-refractivity contribution in [2.45, 2.75) is 26.3 Å². The molecule has 5 nitrogen and oxygen atoms in total. The normalized spacial score (nSPS) is 20.6. The molecule has 0 aliphatic carbocycles. The van der Waals surface area contributed by atoms with Gasteiger partial charge in [-0.3, -0.25) is 4.90 Å². The molecule has 5 heteroatoms. The molecule has 1 atom stereocenters. The first-order valence-corrected chi connectivity index (χ1v) is 6.88. The Morgan fingerprint density at radius 1 is 1.26 bits per heavy atom. The number of rotatable bonds is 3. The molecule has 0 amide bonds. The smallest absolute Gasteiger partial charge is 0.170 e. The number of para-hydroxylation sites is 1. The van der Waals surface area contributed by atoms with Crippen molar-refractivity contribution in [3.63, 3.8) is 0 Å². The Bertz CT molecular complexity index is 522. The van der Waals surface area contributed by atoms with E-state index in [1.54, 1.807) is 0 Å². The zero-order chi connectivity index (χ0) is 13.1. The zero-order valence-electron chi connectivity index (χ0n) is 11.2. The molecule has 3 rings (SSSR count). The fourth-order valence-electron chi connectivity index (χ4n) is 2.70. The molecule has 2 heterocycles. The molecule has 1 aliphatic heterocycles. The number of piperidine rings is 1. The molecule has 1 aliphatic rings. The van der Waals surface area contributed by atoms with Crippen molar-refractivity contribution >= 4 is 0 Å². The second-order valence-electron chi connectivity index (χ2n) is 5.32. The van der Waals surface area contributed by atoms with E-state index in [-0.39, 0.29) is 0 Å². The van der Waals surface area contributed by atoms with Crippen LogP contribution in [0.15, 0.2) is 30.3 Å². The highest BCUT2D eigenvalue weighted by Crippen LogP contribution is 2.17. The molecular formula is C14H19N5. The lowest BCUT2D eigenvalue weighted by Crippen LogP contribution is -2.34. The summed E-state index contributed by atoms with van der Waals surface area (Å²) in [6.45, 7) is 5.42. The first-order valence-electron chi connectivity index (χ1n) is 6.88. The van der Waals surface area contributed by atoms with Gasteiger partial charge >= 0.3 is 0 Å². The molecule has 1 unspecified atom stereocenters. The third-order valence-corrected chi connectivity index (χ3v) is 3.64. The van der Waals surface area contributed by atoms with E-state index in [0.29, 0.717) is 0 Å². The predicted octanol–water partition coefficient (Wildman–Crippen LogP) is 1.89. The molecule has 1 fully saturated rings. The second kappa shape index (κ2) is 5.48. The molecule has 1 aromatic heterocycles. The summed E-state index contributed by atoms with van der Waals surface area (Å²) in [5, 5.41) is 12.1. The SMILES string of the molecule is CC1CCCN(Cc2nnnn2-c2ccccc2)C1. The van der Waals surface area contributed by atoms with Gasteiger partial charge in [0.2, 0.25) is 0 Å². The van der Waals surface area contributed by atoms with Crippen LogP contribution >= 0.6 is 0 Å².